The first kappa shape index (κ1) is 31.6. The number of aromatic hydroxyl groups is 1. The summed E-state index contributed by atoms with van der Waals surface area (Å²) in [6.45, 7) is 3.13. The number of halogens is 2. The predicted molar refractivity (Wildman–Crippen MR) is 144 cm³/mol. The molecule has 12 heteroatoms. The molecule has 0 amide bonds. The van der Waals surface area contributed by atoms with E-state index in [1.807, 2.05) is 0 Å². The third kappa shape index (κ3) is 7.07. The highest BCUT2D eigenvalue weighted by Crippen LogP contribution is 2.40. The highest BCUT2D eigenvalue weighted by molar-refractivity contribution is 6.33. The van der Waals surface area contributed by atoms with E-state index in [1.165, 1.54) is 13.2 Å². The standard InChI is InChI=1S/C24H32N4O6.2ClH/c1-34-14-15-2-5-18(31)22-19(15)23(32)20-16(27-8-6-25-10-12-29)3-4-17(21(20)24(22)33)28-9-7-26-11-13-30;;/h2-5,25-31H,6-14H2,1H3;2*1H. The molecule has 0 aromatic heterocycles. The summed E-state index contributed by atoms with van der Waals surface area (Å²) in [6, 6.07) is 6.49. The number of ether oxygens (including phenoxy) is 1. The Morgan fingerprint density at radius 1 is 0.694 bits per heavy atom. The molecule has 3 rings (SSSR count). The fourth-order valence-corrected chi connectivity index (χ4v) is 4.00. The van der Waals surface area contributed by atoms with Crippen LogP contribution in [0.4, 0.5) is 11.4 Å². The molecule has 2 aromatic carbocycles. The molecule has 0 saturated heterocycles. The molecule has 0 bridgehead atoms. The highest BCUT2D eigenvalue weighted by Gasteiger charge is 2.37. The molecular weight excluding hydrogens is 511 g/mol. The Hall–Kier alpha value is -2.44. The molecule has 36 heavy (non-hydrogen) atoms. The van der Waals surface area contributed by atoms with Crippen LogP contribution in [0.2, 0.25) is 0 Å². The zero-order chi connectivity index (χ0) is 24.5. The van der Waals surface area contributed by atoms with Gasteiger partial charge in [0.15, 0.2) is 11.6 Å². The molecule has 0 heterocycles. The van der Waals surface area contributed by atoms with Crippen LogP contribution in [0.25, 0.3) is 0 Å². The summed E-state index contributed by atoms with van der Waals surface area (Å²) in [5.41, 5.74) is 2.12. The fourth-order valence-electron chi connectivity index (χ4n) is 4.00. The average Bonchev–Trinajstić information content (AvgIpc) is 2.83. The number of carbonyl (C=O) groups is 2. The molecule has 0 saturated carbocycles. The molecule has 0 aliphatic heterocycles. The van der Waals surface area contributed by atoms with Gasteiger partial charge in [0.05, 0.1) is 36.5 Å². The molecule has 0 atom stereocenters. The van der Waals surface area contributed by atoms with Crippen LogP contribution in [0.15, 0.2) is 24.3 Å². The normalized spacial score (nSPS) is 11.8. The molecule has 200 valence electrons. The lowest BCUT2D eigenvalue weighted by Crippen LogP contribution is -2.29. The van der Waals surface area contributed by atoms with Gasteiger partial charge in [-0.1, -0.05) is 6.07 Å². The molecular formula is C24H34Cl2N4O6. The summed E-state index contributed by atoms with van der Waals surface area (Å²) in [5.74, 6) is -1.05. The second-order valence-electron chi connectivity index (χ2n) is 7.80. The fraction of sp³-hybridized carbons (Fsp3) is 0.417. The van der Waals surface area contributed by atoms with Crippen LogP contribution in [0.3, 0.4) is 0 Å². The number of fused-ring (bicyclic) bond motifs is 2. The lowest BCUT2D eigenvalue weighted by Gasteiger charge is -2.26. The lowest BCUT2D eigenvalue weighted by molar-refractivity contribution is 0.0974. The topological polar surface area (TPSA) is 152 Å². The number of aliphatic hydroxyl groups excluding tert-OH is 2. The van der Waals surface area contributed by atoms with E-state index < -0.39 is 5.78 Å². The van der Waals surface area contributed by atoms with Crippen LogP contribution in [0.5, 0.6) is 5.75 Å². The number of hydrogen-bond donors (Lipinski definition) is 7. The van der Waals surface area contributed by atoms with E-state index in [1.54, 1.807) is 18.2 Å². The van der Waals surface area contributed by atoms with E-state index in [9.17, 15) is 14.7 Å². The number of nitrogens with one attached hydrogen (secondary N) is 4. The van der Waals surface area contributed by atoms with E-state index in [0.717, 1.165) is 0 Å². The second-order valence-corrected chi connectivity index (χ2v) is 7.80. The van der Waals surface area contributed by atoms with Crippen molar-refractivity contribution in [3.63, 3.8) is 0 Å². The Morgan fingerprint density at radius 3 is 1.67 bits per heavy atom. The van der Waals surface area contributed by atoms with Crippen LogP contribution in [-0.2, 0) is 11.3 Å². The predicted octanol–water partition coefficient (Wildman–Crippen LogP) is 1.15. The van der Waals surface area contributed by atoms with Crippen LogP contribution < -0.4 is 21.3 Å². The molecule has 0 spiro atoms. The van der Waals surface area contributed by atoms with Crippen LogP contribution in [0.1, 0.15) is 37.4 Å². The first-order chi connectivity index (χ1) is 16.5. The maximum absolute atomic E-state index is 13.7. The molecule has 2 aromatic rings. The third-order valence-electron chi connectivity index (χ3n) is 5.49. The summed E-state index contributed by atoms with van der Waals surface area (Å²) in [6.07, 6.45) is 0. The summed E-state index contributed by atoms with van der Waals surface area (Å²) in [7, 11) is 1.50. The molecule has 0 radical (unpaired) electrons. The van der Waals surface area contributed by atoms with Crippen LogP contribution in [0, 0.1) is 0 Å². The number of methoxy groups -OCH3 is 1. The van der Waals surface area contributed by atoms with E-state index >= 15 is 0 Å². The largest absolute Gasteiger partial charge is 0.507 e. The van der Waals surface area contributed by atoms with Gasteiger partial charge in [-0.3, -0.25) is 9.59 Å². The number of ketones is 2. The Balaban J connectivity index is 0.00000324. The lowest BCUT2D eigenvalue weighted by atomic mass is 9.79. The van der Waals surface area contributed by atoms with Crippen molar-refractivity contribution in [1.82, 2.24) is 10.6 Å². The third-order valence-corrected chi connectivity index (χ3v) is 5.49. The maximum atomic E-state index is 13.7. The molecule has 10 nitrogen and oxygen atoms in total. The first-order valence-corrected chi connectivity index (χ1v) is 11.3. The minimum absolute atomic E-state index is 0. The second kappa shape index (κ2) is 15.6. The summed E-state index contributed by atoms with van der Waals surface area (Å²) in [4.78, 5) is 27.4. The SMILES string of the molecule is COCc1ccc(O)c2c1C(=O)c1c(NCCNCCO)ccc(NCCNCCO)c1C2=O.Cl.Cl. The van der Waals surface area contributed by atoms with Gasteiger partial charge >= 0.3 is 0 Å². The van der Waals surface area contributed by atoms with Crippen molar-refractivity contribution in [1.29, 1.82) is 0 Å². The summed E-state index contributed by atoms with van der Waals surface area (Å²) >= 11 is 0. The van der Waals surface area contributed by atoms with Crippen molar-refractivity contribution >= 4 is 47.8 Å². The Morgan fingerprint density at radius 2 is 1.19 bits per heavy atom. The van der Waals surface area contributed by atoms with Crippen LogP contribution in [-0.4, -0.2) is 86.5 Å². The highest BCUT2D eigenvalue weighted by atomic mass is 35.5. The van der Waals surface area contributed by atoms with E-state index in [4.69, 9.17) is 14.9 Å². The average molecular weight is 545 g/mol. The van der Waals surface area contributed by atoms with Gasteiger partial charge in [0.2, 0.25) is 0 Å². The number of carbonyl (C=O) groups excluding carboxylic acids is 2. The van der Waals surface area contributed by atoms with Gasteiger partial charge in [0, 0.05) is 63.3 Å². The zero-order valence-electron chi connectivity index (χ0n) is 20.1. The minimum Gasteiger partial charge on any atom is -0.507 e. The van der Waals surface area contributed by atoms with Crippen molar-refractivity contribution in [2.24, 2.45) is 0 Å². The van der Waals surface area contributed by atoms with Gasteiger partial charge in [-0.2, -0.15) is 0 Å². The van der Waals surface area contributed by atoms with Gasteiger partial charge in [-0.05, 0) is 23.8 Å². The van der Waals surface area contributed by atoms with Gasteiger partial charge in [0.1, 0.15) is 5.75 Å². The number of benzene rings is 2. The molecule has 0 unspecified atom stereocenters. The van der Waals surface area contributed by atoms with Gasteiger partial charge < -0.3 is 41.3 Å². The Kier molecular flexibility index (Phi) is 13.7. The zero-order valence-corrected chi connectivity index (χ0v) is 21.7. The maximum Gasteiger partial charge on any atom is 0.200 e. The van der Waals surface area contributed by atoms with E-state index in [-0.39, 0.29) is 78.4 Å². The Bertz CT molecular complexity index is 1040. The summed E-state index contributed by atoms with van der Waals surface area (Å²) < 4.78 is 5.22. The molecule has 1 aliphatic rings. The Labute approximate surface area is 222 Å². The van der Waals surface area contributed by atoms with Crippen molar-refractivity contribution in [2.75, 3.05) is 70.2 Å². The minimum atomic E-state index is -0.437. The first-order valence-electron chi connectivity index (χ1n) is 11.3. The number of hydrogen-bond acceptors (Lipinski definition) is 10. The van der Waals surface area contributed by atoms with Gasteiger partial charge in [-0.25, -0.2) is 0 Å². The molecule has 7 N–H and O–H groups in total. The molecule has 1 aliphatic carbocycles. The van der Waals surface area contributed by atoms with Crippen LogP contribution >= 0.6 is 24.8 Å². The van der Waals surface area contributed by atoms with Crippen molar-refractivity contribution in [2.45, 2.75) is 6.61 Å². The number of anilines is 2. The van der Waals surface area contributed by atoms with Gasteiger partial charge in [-0.15, -0.1) is 24.8 Å². The van der Waals surface area contributed by atoms with Gasteiger partial charge in [0.25, 0.3) is 0 Å². The molecule has 0 fully saturated rings. The van der Waals surface area contributed by atoms with Crippen molar-refractivity contribution in [3.8, 4) is 5.75 Å². The number of rotatable bonds is 14. The number of phenols is 1. The smallest absolute Gasteiger partial charge is 0.200 e. The quantitative estimate of drug-likeness (QED) is 0.147. The van der Waals surface area contributed by atoms with Crippen molar-refractivity contribution < 1.29 is 29.6 Å². The monoisotopic (exact) mass is 544 g/mol. The van der Waals surface area contributed by atoms with E-state index in [0.29, 0.717) is 56.2 Å². The van der Waals surface area contributed by atoms with Crippen molar-refractivity contribution in [3.05, 3.63) is 52.1 Å². The summed E-state index contributed by atoms with van der Waals surface area (Å²) in [5, 5.41) is 40.9. The number of phenolic OH excluding ortho intramolecular Hbond substituents is 1. The van der Waals surface area contributed by atoms with E-state index in [2.05, 4.69) is 21.3 Å². The number of aliphatic hydroxyl groups is 2.